The van der Waals surface area contributed by atoms with Gasteiger partial charge in [-0.3, -0.25) is 5.32 Å². The molecule has 1 saturated heterocycles. The maximum atomic E-state index is 11.1. The largest absolute Gasteiger partial charge is 0.453 e. The van der Waals surface area contributed by atoms with Gasteiger partial charge in [0.25, 0.3) is 0 Å². The molecule has 1 heterocycles. The van der Waals surface area contributed by atoms with Crippen molar-refractivity contribution in [2.24, 2.45) is 0 Å². The molecule has 2 unspecified atom stereocenters. The first kappa shape index (κ1) is 15.6. The molecule has 1 aliphatic heterocycles. The Kier molecular flexibility index (Phi) is 5.87. The molecule has 0 aliphatic carbocycles. The van der Waals surface area contributed by atoms with E-state index in [1.54, 1.807) is 0 Å². The zero-order chi connectivity index (χ0) is 15.1. The van der Waals surface area contributed by atoms with Crippen LogP contribution >= 0.6 is 0 Å². The van der Waals surface area contributed by atoms with Crippen LogP contribution in [0.4, 0.5) is 16.2 Å². The van der Waals surface area contributed by atoms with Gasteiger partial charge < -0.3 is 14.8 Å². The zero-order valence-electron chi connectivity index (χ0n) is 12.7. The number of nitrogens with one attached hydrogen (secondary N) is 2. The second kappa shape index (κ2) is 7.88. The van der Waals surface area contributed by atoms with E-state index < -0.39 is 6.09 Å². The topological polar surface area (TPSA) is 59.6 Å². The maximum absolute atomic E-state index is 11.1. The number of benzene rings is 1. The van der Waals surface area contributed by atoms with Crippen LogP contribution in [0.25, 0.3) is 0 Å². The van der Waals surface area contributed by atoms with Gasteiger partial charge in [0.1, 0.15) is 0 Å². The minimum absolute atomic E-state index is 0.376. The first-order valence-corrected chi connectivity index (χ1v) is 7.54. The van der Waals surface area contributed by atoms with Gasteiger partial charge >= 0.3 is 6.09 Å². The van der Waals surface area contributed by atoms with Crippen molar-refractivity contribution in [3.63, 3.8) is 0 Å². The SMILES string of the molecule is CCCC1CC(Nc2ccc(NC(=O)OC)cc2)CCO1. The first-order valence-electron chi connectivity index (χ1n) is 7.54. The summed E-state index contributed by atoms with van der Waals surface area (Å²) in [6, 6.07) is 8.12. The lowest BCUT2D eigenvalue weighted by molar-refractivity contribution is 0.00598. The van der Waals surface area contributed by atoms with Crippen molar-refractivity contribution >= 4 is 17.5 Å². The van der Waals surface area contributed by atoms with Crippen molar-refractivity contribution in [2.75, 3.05) is 24.4 Å². The Hall–Kier alpha value is -1.75. The molecule has 1 aliphatic rings. The highest BCUT2D eigenvalue weighted by atomic mass is 16.5. The highest BCUT2D eigenvalue weighted by Crippen LogP contribution is 2.22. The van der Waals surface area contributed by atoms with E-state index in [0.717, 1.165) is 43.7 Å². The lowest BCUT2D eigenvalue weighted by atomic mass is 10.00. The molecule has 0 bridgehead atoms. The Morgan fingerprint density at radius 1 is 1.33 bits per heavy atom. The molecule has 0 saturated carbocycles. The first-order chi connectivity index (χ1) is 10.2. The molecule has 2 N–H and O–H groups in total. The van der Waals surface area contributed by atoms with E-state index in [4.69, 9.17) is 4.74 Å². The van der Waals surface area contributed by atoms with Crippen molar-refractivity contribution in [1.29, 1.82) is 0 Å². The number of ether oxygens (including phenoxy) is 2. The highest BCUT2D eigenvalue weighted by molar-refractivity contribution is 5.84. The van der Waals surface area contributed by atoms with Gasteiger partial charge in [-0.05, 0) is 43.5 Å². The Morgan fingerprint density at radius 3 is 2.71 bits per heavy atom. The summed E-state index contributed by atoms with van der Waals surface area (Å²) < 4.78 is 10.3. The molecule has 2 rings (SSSR count). The van der Waals surface area contributed by atoms with Crippen LogP contribution in [0.3, 0.4) is 0 Å². The third kappa shape index (κ3) is 4.93. The van der Waals surface area contributed by atoms with Crippen LogP contribution in [0.5, 0.6) is 0 Å². The molecule has 1 fully saturated rings. The average molecular weight is 292 g/mol. The summed E-state index contributed by atoms with van der Waals surface area (Å²) >= 11 is 0. The minimum Gasteiger partial charge on any atom is -0.453 e. The third-order valence-corrected chi connectivity index (χ3v) is 3.67. The molecular formula is C16H24N2O3. The van der Waals surface area contributed by atoms with Gasteiger partial charge in [-0.15, -0.1) is 0 Å². The molecule has 5 nitrogen and oxygen atoms in total. The van der Waals surface area contributed by atoms with E-state index >= 15 is 0 Å². The number of carbonyl (C=O) groups excluding carboxylic acids is 1. The number of methoxy groups -OCH3 is 1. The van der Waals surface area contributed by atoms with Gasteiger partial charge in [0.15, 0.2) is 0 Å². The molecule has 21 heavy (non-hydrogen) atoms. The normalized spacial score (nSPS) is 21.6. The van der Waals surface area contributed by atoms with Crippen molar-refractivity contribution in [3.8, 4) is 0 Å². The van der Waals surface area contributed by atoms with Crippen molar-refractivity contribution in [1.82, 2.24) is 0 Å². The maximum Gasteiger partial charge on any atom is 0.411 e. The van der Waals surface area contributed by atoms with E-state index in [-0.39, 0.29) is 0 Å². The molecule has 5 heteroatoms. The summed E-state index contributed by atoms with van der Waals surface area (Å²) in [5, 5.41) is 6.18. The van der Waals surface area contributed by atoms with Gasteiger partial charge in [0.2, 0.25) is 0 Å². The van der Waals surface area contributed by atoms with Crippen molar-refractivity contribution < 1.29 is 14.3 Å². The fraction of sp³-hybridized carbons (Fsp3) is 0.562. The summed E-state index contributed by atoms with van der Waals surface area (Å²) in [6.07, 6.45) is 4.29. The highest BCUT2D eigenvalue weighted by Gasteiger charge is 2.21. The van der Waals surface area contributed by atoms with Crippen molar-refractivity contribution in [2.45, 2.75) is 44.8 Å². The Labute approximate surface area is 126 Å². The van der Waals surface area contributed by atoms with E-state index in [9.17, 15) is 4.79 Å². The van der Waals surface area contributed by atoms with E-state index in [1.165, 1.54) is 7.11 Å². The second-order valence-electron chi connectivity index (χ2n) is 5.34. The van der Waals surface area contributed by atoms with Gasteiger partial charge in [0, 0.05) is 24.0 Å². The quantitative estimate of drug-likeness (QED) is 0.870. The summed E-state index contributed by atoms with van der Waals surface area (Å²) in [7, 11) is 1.35. The fourth-order valence-corrected chi connectivity index (χ4v) is 2.59. The van der Waals surface area contributed by atoms with Crippen molar-refractivity contribution in [3.05, 3.63) is 24.3 Å². The molecule has 0 radical (unpaired) electrons. The van der Waals surface area contributed by atoms with Crippen LogP contribution in [0.1, 0.15) is 32.6 Å². The van der Waals surface area contributed by atoms with Gasteiger partial charge in [-0.1, -0.05) is 13.3 Å². The van der Waals surface area contributed by atoms with Gasteiger partial charge in [-0.25, -0.2) is 4.79 Å². The second-order valence-corrected chi connectivity index (χ2v) is 5.34. The molecule has 0 spiro atoms. The van der Waals surface area contributed by atoms with E-state index in [1.807, 2.05) is 24.3 Å². The van der Waals surface area contributed by atoms with Crippen LogP contribution in [0.2, 0.25) is 0 Å². The fourth-order valence-electron chi connectivity index (χ4n) is 2.59. The van der Waals surface area contributed by atoms with Gasteiger partial charge in [-0.2, -0.15) is 0 Å². The summed E-state index contributed by atoms with van der Waals surface area (Å²) in [6.45, 7) is 3.01. The number of amides is 1. The molecule has 1 aromatic carbocycles. The van der Waals surface area contributed by atoms with Crippen LogP contribution in [-0.4, -0.2) is 32.0 Å². The molecule has 0 aromatic heterocycles. The van der Waals surface area contributed by atoms with Gasteiger partial charge in [0.05, 0.1) is 13.2 Å². The number of rotatable bonds is 5. The number of hydrogen-bond acceptors (Lipinski definition) is 4. The Balaban J connectivity index is 1.86. The average Bonchev–Trinajstić information content (AvgIpc) is 2.50. The van der Waals surface area contributed by atoms with Crippen LogP contribution in [-0.2, 0) is 9.47 Å². The Bertz CT molecular complexity index is 445. The summed E-state index contributed by atoms with van der Waals surface area (Å²) in [4.78, 5) is 11.1. The van der Waals surface area contributed by atoms with E-state index in [0.29, 0.717) is 12.1 Å². The molecule has 1 aromatic rings. The van der Waals surface area contributed by atoms with Crippen LogP contribution < -0.4 is 10.6 Å². The number of hydrogen-bond donors (Lipinski definition) is 2. The van der Waals surface area contributed by atoms with Crippen LogP contribution in [0, 0.1) is 0 Å². The van der Waals surface area contributed by atoms with Crippen LogP contribution in [0.15, 0.2) is 24.3 Å². The minimum atomic E-state index is -0.456. The lowest BCUT2D eigenvalue weighted by Gasteiger charge is -2.30. The molecule has 116 valence electrons. The standard InChI is InChI=1S/C16H24N2O3/c1-3-4-15-11-14(9-10-21-15)17-12-5-7-13(8-6-12)18-16(19)20-2/h5-8,14-15,17H,3-4,9-11H2,1-2H3,(H,18,19). The smallest absolute Gasteiger partial charge is 0.411 e. The molecule has 1 amide bonds. The number of anilines is 2. The lowest BCUT2D eigenvalue weighted by Crippen LogP contribution is -2.33. The Morgan fingerprint density at radius 2 is 2.05 bits per heavy atom. The molecular weight excluding hydrogens is 268 g/mol. The monoisotopic (exact) mass is 292 g/mol. The summed E-state index contributed by atoms with van der Waals surface area (Å²) in [5.74, 6) is 0. The predicted molar refractivity (Wildman–Crippen MR) is 83.8 cm³/mol. The van der Waals surface area contributed by atoms with E-state index in [2.05, 4.69) is 22.3 Å². The third-order valence-electron chi connectivity index (χ3n) is 3.67. The summed E-state index contributed by atoms with van der Waals surface area (Å²) in [5.41, 5.74) is 1.79. The zero-order valence-corrected chi connectivity index (χ0v) is 12.7. The number of carbonyl (C=O) groups is 1. The molecule has 2 atom stereocenters. The predicted octanol–water partition coefficient (Wildman–Crippen LogP) is 3.62.